The van der Waals surface area contributed by atoms with E-state index in [4.69, 9.17) is 18.9 Å². The SMILES string of the molecule is O=C(NC(CCCCNCCCC[C@@H](NC(=O)OCc1ccccc1)C(=O)OCc1ccccc1)C(=O)OCc1ccccc1)OCc1ccccc1. The highest BCUT2D eigenvalue weighted by Crippen LogP contribution is 2.10. The Labute approximate surface area is 311 Å². The van der Waals surface area contributed by atoms with Gasteiger partial charge in [0.25, 0.3) is 0 Å². The second-order valence-electron chi connectivity index (χ2n) is 12.4. The van der Waals surface area contributed by atoms with Crippen LogP contribution in [-0.4, -0.2) is 49.3 Å². The maximum absolute atomic E-state index is 13.0. The molecule has 0 saturated carbocycles. The Morgan fingerprint density at radius 3 is 1.04 bits per heavy atom. The lowest BCUT2D eigenvalue weighted by atomic mass is 10.1. The highest BCUT2D eigenvalue weighted by Gasteiger charge is 2.24. The molecule has 0 saturated heterocycles. The number of carbonyl (C=O) groups excluding carboxylic acids is 4. The van der Waals surface area contributed by atoms with Crippen LogP contribution in [0.4, 0.5) is 9.59 Å². The number of esters is 2. The summed E-state index contributed by atoms with van der Waals surface area (Å²) in [5, 5.41) is 8.74. The summed E-state index contributed by atoms with van der Waals surface area (Å²) in [4.78, 5) is 51.1. The van der Waals surface area contributed by atoms with E-state index in [9.17, 15) is 19.2 Å². The van der Waals surface area contributed by atoms with Gasteiger partial charge in [-0.3, -0.25) is 0 Å². The predicted molar refractivity (Wildman–Crippen MR) is 200 cm³/mol. The van der Waals surface area contributed by atoms with Crippen LogP contribution in [0.25, 0.3) is 0 Å². The van der Waals surface area contributed by atoms with Crippen LogP contribution in [0.2, 0.25) is 0 Å². The molecule has 0 heterocycles. The van der Waals surface area contributed by atoms with E-state index >= 15 is 0 Å². The first-order valence-electron chi connectivity index (χ1n) is 18.0. The van der Waals surface area contributed by atoms with E-state index in [1.54, 1.807) is 0 Å². The summed E-state index contributed by atoms with van der Waals surface area (Å²) in [6.07, 6.45) is 2.22. The van der Waals surface area contributed by atoms with Crippen LogP contribution in [0.15, 0.2) is 121 Å². The molecule has 4 rings (SSSR count). The molecular formula is C42H49N3O8. The van der Waals surface area contributed by atoms with Gasteiger partial charge in [0, 0.05) is 0 Å². The summed E-state index contributed by atoms with van der Waals surface area (Å²) < 4.78 is 21.7. The van der Waals surface area contributed by atoms with Gasteiger partial charge in [0.2, 0.25) is 0 Å². The average Bonchev–Trinajstić information content (AvgIpc) is 3.20. The van der Waals surface area contributed by atoms with Crippen molar-refractivity contribution in [1.29, 1.82) is 0 Å². The molecule has 0 spiro atoms. The van der Waals surface area contributed by atoms with Gasteiger partial charge in [0.15, 0.2) is 0 Å². The van der Waals surface area contributed by atoms with Crippen LogP contribution >= 0.6 is 0 Å². The topological polar surface area (TPSA) is 141 Å². The van der Waals surface area contributed by atoms with Crippen LogP contribution in [0.5, 0.6) is 0 Å². The molecule has 0 fully saturated rings. The lowest BCUT2D eigenvalue weighted by Gasteiger charge is -2.18. The number of hydrogen-bond donors (Lipinski definition) is 3. The second-order valence-corrected chi connectivity index (χ2v) is 12.4. The Morgan fingerprint density at radius 1 is 0.415 bits per heavy atom. The predicted octanol–water partition coefficient (Wildman–Crippen LogP) is 6.99. The van der Waals surface area contributed by atoms with Gasteiger partial charge >= 0.3 is 24.1 Å². The Hall–Kier alpha value is -5.68. The second kappa shape index (κ2) is 23.7. The number of rotatable bonds is 22. The first-order valence-corrected chi connectivity index (χ1v) is 18.0. The van der Waals surface area contributed by atoms with Crippen molar-refractivity contribution in [2.24, 2.45) is 0 Å². The van der Waals surface area contributed by atoms with Crippen molar-refractivity contribution >= 4 is 24.1 Å². The van der Waals surface area contributed by atoms with E-state index in [0.717, 1.165) is 35.1 Å². The molecule has 0 radical (unpaired) electrons. The number of unbranched alkanes of at least 4 members (excludes halogenated alkanes) is 2. The third-order valence-corrected chi connectivity index (χ3v) is 8.22. The van der Waals surface area contributed by atoms with Crippen molar-refractivity contribution in [3.63, 3.8) is 0 Å². The summed E-state index contributed by atoms with van der Waals surface area (Å²) in [5.74, 6) is -1.04. The lowest BCUT2D eigenvalue weighted by molar-refractivity contribution is -0.148. The van der Waals surface area contributed by atoms with Gasteiger partial charge < -0.3 is 34.9 Å². The highest BCUT2D eigenvalue weighted by molar-refractivity contribution is 5.82. The Balaban J connectivity index is 1.17. The third-order valence-electron chi connectivity index (χ3n) is 8.22. The van der Waals surface area contributed by atoms with Crippen molar-refractivity contribution in [3.8, 4) is 0 Å². The van der Waals surface area contributed by atoms with Crippen molar-refractivity contribution < 1.29 is 38.1 Å². The van der Waals surface area contributed by atoms with Crippen molar-refractivity contribution in [2.45, 2.75) is 77.0 Å². The molecular weight excluding hydrogens is 674 g/mol. The van der Waals surface area contributed by atoms with Gasteiger partial charge in [-0.05, 0) is 73.9 Å². The third kappa shape index (κ3) is 16.5. The van der Waals surface area contributed by atoms with Crippen LogP contribution in [0.1, 0.15) is 60.8 Å². The number of hydrogen-bond acceptors (Lipinski definition) is 9. The fourth-order valence-electron chi connectivity index (χ4n) is 5.29. The standard InChI is InChI=1S/C42H49N3O8/c46-39(50-29-33-17-5-1-6-18-33)37(44-41(48)52-31-35-21-9-3-10-22-35)25-13-15-27-43-28-16-14-26-38(40(47)51-30-34-19-7-2-8-20-34)45-42(49)53-32-36-23-11-4-12-24-36/h1-12,17-24,37-38,43H,13-16,25-32H2,(H,44,48)(H,45,49)/t37-,38?/m1/s1. The Bertz CT molecular complexity index is 1520. The average molecular weight is 724 g/mol. The van der Waals surface area contributed by atoms with E-state index in [0.29, 0.717) is 38.8 Å². The molecule has 0 aliphatic carbocycles. The first-order chi connectivity index (χ1) is 26.0. The molecule has 4 aromatic rings. The summed E-state index contributed by atoms with van der Waals surface area (Å²) in [6, 6.07) is 35.6. The molecule has 3 N–H and O–H groups in total. The van der Waals surface area contributed by atoms with E-state index < -0.39 is 36.2 Å². The molecule has 0 aromatic heterocycles. The fourth-order valence-corrected chi connectivity index (χ4v) is 5.29. The molecule has 0 bridgehead atoms. The number of alkyl carbamates (subject to hydrolysis) is 2. The zero-order valence-corrected chi connectivity index (χ0v) is 30.0. The van der Waals surface area contributed by atoms with E-state index in [1.807, 2.05) is 121 Å². The number of nitrogens with one attached hydrogen (secondary N) is 3. The molecule has 1 unspecified atom stereocenters. The van der Waals surface area contributed by atoms with E-state index in [-0.39, 0.29) is 26.4 Å². The molecule has 0 aliphatic rings. The minimum absolute atomic E-state index is 0.0897. The van der Waals surface area contributed by atoms with Gasteiger partial charge in [0.1, 0.15) is 38.5 Å². The minimum Gasteiger partial charge on any atom is -0.459 e. The zero-order chi connectivity index (χ0) is 37.4. The first kappa shape index (κ1) is 40.1. The number of benzene rings is 4. The molecule has 11 nitrogen and oxygen atoms in total. The maximum atomic E-state index is 13.0. The molecule has 53 heavy (non-hydrogen) atoms. The van der Waals surface area contributed by atoms with Crippen molar-refractivity contribution in [3.05, 3.63) is 144 Å². The largest absolute Gasteiger partial charge is 0.459 e. The Kier molecular flexibility index (Phi) is 18.0. The molecule has 2 atom stereocenters. The van der Waals surface area contributed by atoms with Crippen LogP contribution < -0.4 is 16.0 Å². The Morgan fingerprint density at radius 2 is 0.717 bits per heavy atom. The van der Waals surface area contributed by atoms with Gasteiger partial charge in [0.05, 0.1) is 0 Å². The lowest BCUT2D eigenvalue weighted by Crippen LogP contribution is -2.42. The zero-order valence-electron chi connectivity index (χ0n) is 30.0. The van der Waals surface area contributed by atoms with Gasteiger partial charge in [-0.2, -0.15) is 0 Å². The molecule has 4 aromatic carbocycles. The van der Waals surface area contributed by atoms with Crippen LogP contribution in [-0.2, 0) is 55.0 Å². The highest BCUT2D eigenvalue weighted by atomic mass is 16.6. The smallest absolute Gasteiger partial charge is 0.408 e. The molecule has 280 valence electrons. The number of amides is 2. The molecule has 0 aliphatic heterocycles. The monoisotopic (exact) mass is 723 g/mol. The van der Waals surface area contributed by atoms with E-state index in [2.05, 4.69) is 16.0 Å². The normalized spacial score (nSPS) is 11.8. The van der Waals surface area contributed by atoms with Crippen molar-refractivity contribution in [1.82, 2.24) is 16.0 Å². The van der Waals surface area contributed by atoms with Crippen LogP contribution in [0, 0.1) is 0 Å². The fraction of sp³-hybridized carbons (Fsp3) is 0.333. The summed E-state index contributed by atoms with van der Waals surface area (Å²) >= 11 is 0. The maximum Gasteiger partial charge on any atom is 0.408 e. The van der Waals surface area contributed by atoms with Crippen LogP contribution in [0.3, 0.4) is 0 Å². The summed E-state index contributed by atoms with van der Waals surface area (Å²) in [6.45, 7) is 1.77. The van der Waals surface area contributed by atoms with Gasteiger partial charge in [-0.15, -0.1) is 0 Å². The summed E-state index contributed by atoms with van der Waals surface area (Å²) in [7, 11) is 0. The number of carbonyl (C=O) groups is 4. The van der Waals surface area contributed by atoms with Gasteiger partial charge in [-0.25, -0.2) is 19.2 Å². The molecule has 11 heteroatoms. The van der Waals surface area contributed by atoms with E-state index in [1.165, 1.54) is 0 Å². The quantitative estimate of drug-likeness (QED) is 0.0444. The number of ether oxygens (including phenoxy) is 4. The van der Waals surface area contributed by atoms with Gasteiger partial charge in [-0.1, -0.05) is 121 Å². The molecule has 2 amide bonds. The summed E-state index contributed by atoms with van der Waals surface area (Å²) in [5.41, 5.74) is 3.38. The van der Waals surface area contributed by atoms with Crippen molar-refractivity contribution in [2.75, 3.05) is 13.1 Å². The minimum atomic E-state index is -0.854.